The number of hydrogen-bond donors (Lipinski definition) is 1. The number of anilines is 1. The molecule has 138 valence electrons. The fraction of sp³-hybridized carbons (Fsp3) is 0.611. The highest BCUT2D eigenvalue weighted by molar-refractivity contribution is 5.78. The number of amides is 1. The summed E-state index contributed by atoms with van der Waals surface area (Å²) in [7, 11) is 0. The van der Waals surface area contributed by atoms with Crippen LogP contribution < -0.4 is 5.32 Å². The number of fused-ring (bicyclic) bond motifs is 1. The lowest BCUT2D eigenvalue weighted by Gasteiger charge is -2.19. The Morgan fingerprint density at radius 3 is 2.73 bits per heavy atom. The Kier molecular flexibility index (Phi) is 4.57. The molecule has 1 N–H and O–H groups in total. The van der Waals surface area contributed by atoms with Crippen LogP contribution in [0.5, 0.6) is 0 Å². The summed E-state index contributed by atoms with van der Waals surface area (Å²) in [6.45, 7) is 5.21. The predicted octanol–water partition coefficient (Wildman–Crippen LogP) is 1.47. The van der Waals surface area contributed by atoms with Gasteiger partial charge in [0.25, 0.3) is 0 Å². The standard InChI is InChI=1S/C18H24N6O2/c1-3-16-20-14-7-9-24(17(25)10-15-11(2)22-26-23-15)8-6-13(14)18(21-16)19-12-4-5-12/h12H,3-10H2,1-2H3,(H,19,20,21). The fourth-order valence-corrected chi connectivity index (χ4v) is 3.26. The van der Waals surface area contributed by atoms with Crippen LogP contribution >= 0.6 is 0 Å². The molecule has 0 unspecified atom stereocenters. The molecule has 0 bridgehead atoms. The molecule has 4 rings (SSSR count). The van der Waals surface area contributed by atoms with E-state index in [1.807, 2.05) is 4.90 Å². The number of nitrogens with one attached hydrogen (secondary N) is 1. The Bertz CT molecular complexity index is 814. The summed E-state index contributed by atoms with van der Waals surface area (Å²) in [6, 6.07) is 0.544. The predicted molar refractivity (Wildman–Crippen MR) is 94.8 cm³/mol. The molecule has 2 aromatic heterocycles. The van der Waals surface area contributed by atoms with Crippen LogP contribution in [0.15, 0.2) is 4.63 Å². The van der Waals surface area contributed by atoms with Gasteiger partial charge in [-0.2, -0.15) is 0 Å². The number of aryl methyl sites for hydroxylation is 2. The van der Waals surface area contributed by atoms with Crippen molar-refractivity contribution in [3.8, 4) is 0 Å². The molecule has 26 heavy (non-hydrogen) atoms. The highest BCUT2D eigenvalue weighted by atomic mass is 16.6. The average molecular weight is 356 g/mol. The zero-order valence-corrected chi connectivity index (χ0v) is 15.3. The summed E-state index contributed by atoms with van der Waals surface area (Å²) in [5, 5.41) is 11.1. The number of carbonyl (C=O) groups excluding carboxylic acids is 1. The SMILES string of the molecule is CCc1nc2c(c(NC3CC3)n1)CCN(C(=O)Cc1nonc1C)CC2. The summed E-state index contributed by atoms with van der Waals surface area (Å²) in [6.07, 6.45) is 4.98. The summed E-state index contributed by atoms with van der Waals surface area (Å²) < 4.78 is 4.70. The van der Waals surface area contributed by atoms with E-state index in [2.05, 4.69) is 22.6 Å². The lowest BCUT2D eigenvalue weighted by Crippen LogP contribution is -2.34. The number of aromatic nitrogens is 4. The molecule has 0 spiro atoms. The molecule has 0 aromatic carbocycles. The van der Waals surface area contributed by atoms with E-state index in [1.54, 1.807) is 6.92 Å². The molecule has 0 atom stereocenters. The molecular formula is C18H24N6O2. The van der Waals surface area contributed by atoms with E-state index in [1.165, 1.54) is 18.4 Å². The second-order valence-corrected chi connectivity index (χ2v) is 7.04. The maximum atomic E-state index is 12.7. The van der Waals surface area contributed by atoms with Gasteiger partial charge in [0.05, 0.1) is 12.1 Å². The molecule has 0 saturated heterocycles. The number of rotatable bonds is 5. The molecular weight excluding hydrogens is 332 g/mol. The Morgan fingerprint density at radius 1 is 1.23 bits per heavy atom. The van der Waals surface area contributed by atoms with Crippen LogP contribution in [-0.4, -0.2) is 50.2 Å². The Labute approximate surface area is 152 Å². The normalized spacial score (nSPS) is 16.9. The van der Waals surface area contributed by atoms with Crippen molar-refractivity contribution in [2.45, 2.75) is 58.4 Å². The van der Waals surface area contributed by atoms with E-state index in [4.69, 9.17) is 14.6 Å². The van der Waals surface area contributed by atoms with Crippen molar-refractivity contribution in [2.75, 3.05) is 18.4 Å². The summed E-state index contributed by atoms with van der Waals surface area (Å²) in [5.41, 5.74) is 3.53. The maximum Gasteiger partial charge on any atom is 0.228 e. The van der Waals surface area contributed by atoms with Gasteiger partial charge in [-0.25, -0.2) is 14.6 Å². The fourth-order valence-electron chi connectivity index (χ4n) is 3.26. The molecule has 8 nitrogen and oxygen atoms in total. The monoisotopic (exact) mass is 356 g/mol. The van der Waals surface area contributed by atoms with Gasteiger partial charge in [-0.3, -0.25) is 4.79 Å². The first kappa shape index (κ1) is 16.9. The van der Waals surface area contributed by atoms with Gasteiger partial charge in [0, 0.05) is 37.5 Å². The van der Waals surface area contributed by atoms with Crippen molar-refractivity contribution >= 4 is 11.7 Å². The van der Waals surface area contributed by atoms with E-state index < -0.39 is 0 Å². The number of nitrogens with zero attached hydrogens (tertiary/aromatic N) is 5. The van der Waals surface area contributed by atoms with Crippen LogP contribution in [0.4, 0.5) is 5.82 Å². The second-order valence-electron chi connectivity index (χ2n) is 7.04. The van der Waals surface area contributed by atoms with E-state index >= 15 is 0 Å². The third-order valence-corrected chi connectivity index (χ3v) is 5.04. The number of hydrogen-bond acceptors (Lipinski definition) is 7. The lowest BCUT2D eigenvalue weighted by atomic mass is 10.1. The molecule has 1 saturated carbocycles. The Hall–Kier alpha value is -2.51. The van der Waals surface area contributed by atoms with Gasteiger partial charge in [0.1, 0.15) is 23.0 Å². The van der Waals surface area contributed by atoms with E-state index in [9.17, 15) is 4.79 Å². The quantitative estimate of drug-likeness (QED) is 0.866. The van der Waals surface area contributed by atoms with Crippen LogP contribution in [-0.2, 0) is 30.5 Å². The topological polar surface area (TPSA) is 97.0 Å². The van der Waals surface area contributed by atoms with Gasteiger partial charge >= 0.3 is 0 Å². The molecule has 1 amide bonds. The molecule has 2 aliphatic rings. The van der Waals surface area contributed by atoms with Crippen molar-refractivity contribution < 1.29 is 9.42 Å². The molecule has 1 aliphatic heterocycles. The maximum absolute atomic E-state index is 12.7. The first-order valence-electron chi connectivity index (χ1n) is 9.35. The van der Waals surface area contributed by atoms with Crippen LogP contribution in [0, 0.1) is 6.92 Å². The zero-order valence-electron chi connectivity index (χ0n) is 15.3. The van der Waals surface area contributed by atoms with Crippen LogP contribution in [0.1, 0.15) is 48.2 Å². The third-order valence-electron chi connectivity index (χ3n) is 5.04. The number of carbonyl (C=O) groups is 1. The van der Waals surface area contributed by atoms with Gasteiger partial charge in [-0.05, 0) is 26.2 Å². The molecule has 0 radical (unpaired) electrons. The molecule has 1 fully saturated rings. The van der Waals surface area contributed by atoms with Crippen molar-refractivity contribution in [3.05, 3.63) is 28.5 Å². The first-order valence-corrected chi connectivity index (χ1v) is 9.35. The van der Waals surface area contributed by atoms with E-state index in [0.29, 0.717) is 30.5 Å². The third kappa shape index (κ3) is 3.54. The van der Waals surface area contributed by atoms with Gasteiger partial charge < -0.3 is 10.2 Å². The highest BCUT2D eigenvalue weighted by Gasteiger charge is 2.27. The van der Waals surface area contributed by atoms with Gasteiger partial charge in [-0.15, -0.1) is 0 Å². The van der Waals surface area contributed by atoms with Crippen molar-refractivity contribution in [3.63, 3.8) is 0 Å². The van der Waals surface area contributed by atoms with Crippen LogP contribution in [0.2, 0.25) is 0 Å². The first-order chi connectivity index (χ1) is 12.6. The summed E-state index contributed by atoms with van der Waals surface area (Å²) in [4.78, 5) is 24.0. The summed E-state index contributed by atoms with van der Waals surface area (Å²) >= 11 is 0. The van der Waals surface area contributed by atoms with Gasteiger partial charge in [-0.1, -0.05) is 17.2 Å². The molecule has 2 aromatic rings. The van der Waals surface area contributed by atoms with E-state index in [-0.39, 0.29) is 12.3 Å². The molecule has 1 aliphatic carbocycles. The van der Waals surface area contributed by atoms with Crippen molar-refractivity contribution in [2.24, 2.45) is 0 Å². The van der Waals surface area contributed by atoms with Gasteiger partial charge in [0.15, 0.2) is 0 Å². The zero-order chi connectivity index (χ0) is 18.1. The van der Waals surface area contributed by atoms with Crippen LogP contribution in [0.25, 0.3) is 0 Å². The minimum atomic E-state index is 0.0528. The summed E-state index contributed by atoms with van der Waals surface area (Å²) in [5.74, 6) is 1.90. The minimum Gasteiger partial charge on any atom is -0.367 e. The largest absolute Gasteiger partial charge is 0.367 e. The molecule has 8 heteroatoms. The Balaban J connectivity index is 1.51. The second kappa shape index (κ2) is 7.01. The lowest BCUT2D eigenvalue weighted by molar-refractivity contribution is -0.130. The smallest absolute Gasteiger partial charge is 0.228 e. The van der Waals surface area contributed by atoms with Crippen LogP contribution in [0.3, 0.4) is 0 Å². The van der Waals surface area contributed by atoms with E-state index in [0.717, 1.165) is 36.6 Å². The van der Waals surface area contributed by atoms with Crippen molar-refractivity contribution in [1.82, 2.24) is 25.2 Å². The minimum absolute atomic E-state index is 0.0528. The van der Waals surface area contributed by atoms with Gasteiger partial charge in [0.2, 0.25) is 5.91 Å². The van der Waals surface area contributed by atoms with Crippen molar-refractivity contribution in [1.29, 1.82) is 0 Å². The Morgan fingerprint density at radius 2 is 2.04 bits per heavy atom. The molecule has 3 heterocycles. The highest BCUT2D eigenvalue weighted by Crippen LogP contribution is 2.28. The average Bonchev–Trinajstić information content (AvgIpc) is 3.40.